The van der Waals surface area contributed by atoms with Crippen molar-refractivity contribution in [3.8, 4) is 0 Å². The first-order valence-electron chi connectivity index (χ1n) is 7.66. The summed E-state index contributed by atoms with van der Waals surface area (Å²) in [5.41, 5.74) is 0.612. The van der Waals surface area contributed by atoms with Crippen molar-refractivity contribution in [2.24, 2.45) is 0 Å². The van der Waals surface area contributed by atoms with E-state index in [1.165, 1.54) is 6.07 Å². The van der Waals surface area contributed by atoms with Crippen LogP contribution in [0.25, 0.3) is 0 Å². The number of hydrogen-bond acceptors (Lipinski definition) is 3. The second kappa shape index (κ2) is 8.07. The Labute approximate surface area is 155 Å². The van der Waals surface area contributed by atoms with Gasteiger partial charge in [-0.05, 0) is 42.5 Å². The molecule has 0 saturated heterocycles. The standard InChI is InChI=1S/C17H18BrFN2O3S/c1-3-21(4-2)25(23,24)16-11-12(5-10-15(16)19)17(22)20-14-8-6-13(18)7-9-14/h5-11H,3-4H2,1-2H3,(H,20,22). The molecule has 0 aliphatic rings. The molecule has 2 aromatic carbocycles. The van der Waals surface area contributed by atoms with Crippen LogP contribution in [-0.4, -0.2) is 31.7 Å². The van der Waals surface area contributed by atoms with Crippen LogP contribution in [0, 0.1) is 5.82 Å². The Balaban J connectivity index is 2.35. The predicted octanol–water partition coefficient (Wildman–Crippen LogP) is 3.87. The average Bonchev–Trinajstić information content (AvgIpc) is 2.58. The van der Waals surface area contributed by atoms with Gasteiger partial charge in [0, 0.05) is 28.8 Å². The quantitative estimate of drug-likeness (QED) is 0.758. The van der Waals surface area contributed by atoms with Crippen molar-refractivity contribution in [1.29, 1.82) is 0 Å². The zero-order chi connectivity index (χ0) is 18.6. The number of carbonyl (C=O) groups is 1. The molecule has 2 aromatic rings. The van der Waals surface area contributed by atoms with Crippen LogP contribution >= 0.6 is 15.9 Å². The summed E-state index contributed by atoms with van der Waals surface area (Å²) in [7, 11) is -3.99. The molecule has 8 heteroatoms. The highest BCUT2D eigenvalue weighted by Gasteiger charge is 2.26. The van der Waals surface area contributed by atoms with Crippen LogP contribution < -0.4 is 5.32 Å². The molecule has 0 atom stereocenters. The van der Waals surface area contributed by atoms with Crippen LogP contribution in [0.2, 0.25) is 0 Å². The largest absolute Gasteiger partial charge is 0.322 e. The second-order valence-electron chi connectivity index (χ2n) is 5.20. The van der Waals surface area contributed by atoms with Gasteiger partial charge in [-0.2, -0.15) is 4.31 Å². The molecule has 0 saturated carbocycles. The number of benzene rings is 2. The Morgan fingerprint density at radius 1 is 1.12 bits per heavy atom. The van der Waals surface area contributed by atoms with Crippen molar-refractivity contribution in [2.45, 2.75) is 18.7 Å². The van der Waals surface area contributed by atoms with Crippen molar-refractivity contribution < 1.29 is 17.6 Å². The van der Waals surface area contributed by atoms with E-state index in [2.05, 4.69) is 21.2 Å². The van der Waals surface area contributed by atoms with E-state index in [1.807, 2.05) is 0 Å². The molecule has 25 heavy (non-hydrogen) atoms. The highest BCUT2D eigenvalue weighted by molar-refractivity contribution is 9.10. The molecular weight excluding hydrogens is 411 g/mol. The second-order valence-corrected chi connectivity index (χ2v) is 8.02. The van der Waals surface area contributed by atoms with Gasteiger partial charge in [-0.1, -0.05) is 29.8 Å². The van der Waals surface area contributed by atoms with E-state index >= 15 is 0 Å². The molecule has 0 heterocycles. The van der Waals surface area contributed by atoms with Crippen LogP contribution in [0.1, 0.15) is 24.2 Å². The third kappa shape index (κ3) is 4.45. The van der Waals surface area contributed by atoms with Crippen molar-refractivity contribution in [3.05, 3.63) is 58.3 Å². The first-order valence-corrected chi connectivity index (χ1v) is 9.89. The van der Waals surface area contributed by atoms with Crippen molar-refractivity contribution >= 4 is 37.5 Å². The molecule has 0 aliphatic heterocycles. The van der Waals surface area contributed by atoms with Gasteiger partial charge in [-0.25, -0.2) is 12.8 Å². The number of hydrogen-bond donors (Lipinski definition) is 1. The molecule has 5 nitrogen and oxygen atoms in total. The summed E-state index contributed by atoms with van der Waals surface area (Å²) < 4.78 is 41.2. The Hall–Kier alpha value is -1.77. The highest BCUT2D eigenvalue weighted by atomic mass is 79.9. The fourth-order valence-electron chi connectivity index (χ4n) is 2.28. The minimum absolute atomic E-state index is 0.0649. The lowest BCUT2D eigenvalue weighted by atomic mass is 10.2. The van der Waals surface area contributed by atoms with Gasteiger partial charge in [0.25, 0.3) is 5.91 Å². The van der Waals surface area contributed by atoms with Gasteiger partial charge in [-0.3, -0.25) is 4.79 Å². The molecule has 134 valence electrons. The van der Waals surface area contributed by atoms with E-state index in [1.54, 1.807) is 38.1 Å². The zero-order valence-corrected chi connectivity index (χ0v) is 16.2. The van der Waals surface area contributed by atoms with E-state index in [0.29, 0.717) is 5.69 Å². The molecule has 0 fully saturated rings. The topological polar surface area (TPSA) is 66.5 Å². The Kier molecular flexibility index (Phi) is 6.31. The maximum Gasteiger partial charge on any atom is 0.255 e. The maximum atomic E-state index is 14.1. The number of nitrogens with zero attached hydrogens (tertiary/aromatic N) is 1. The first-order chi connectivity index (χ1) is 11.8. The third-order valence-corrected chi connectivity index (χ3v) is 6.21. The molecule has 0 radical (unpaired) electrons. The van der Waals surface area contributed by atoms with Crippen LogP contribution in [0.4, 0.5) is 10.1 Å². The van der Waals surface area contributed by atoms with Crippen molar-refractivity contribution in [2.75, 3.05) is 18.4 Å². The first kappa shape index (κ1) is 19.6. The smallest absolute Gasteiger partial charge is 0.255 e. The van der Waals surface area contributed by atoms with Gasteiger partial charge in [0.1, 0.15) is 10.7 Å². The van der Waals surface area contributed by atoms with E-state index in [4.69, 9.17) is 0 Å². The Morgan fingerprint density at radius 2 is 1.72 bits per heavy atom. The highest BCUT2D eigenvalue weighted by Crippen LogP contribution is 2.22. The molecule has 2 rings (SSSR count). The molecule has 0 aromatic heterocycles. The minimum atomic E-state index is -3.99. The van der Waals surface area contributed by atoms with Crippen molar-refractivity contribution in [3.63, 3.8) is 0 Å². The van der Waals surface area contributed by atoms with E-state index in [0.717, 1.165) is 20.9 Å². The van der Waals surface area contributed by atoms with Gasteiger partial charge in [0.15, 0.2) is 0 Å². The van der Waals surface area contributed by atoms with Gasteiger partial charge >= 0.3 is 0 Å². The third-order valence-electron chi connectivity index (χ3n) is 3.62. The molecule has 1 amide bonds. The zero-order valence-electron chi connectivity index (χ0n) is 13.8. The van der Waals surface area contributed by atoms with E-state index < -0.39 is 26.6 Å². The lowest BCUT2D eigenvalue weighted by Crippen LogP contribution is -2.31. The van der Waals surface area contributed by atoms with Crippen LogP contribution in [0.15, 0.2) is 51.8 Å². The monoisotopic (exact) mass is 428 g/mol. The van der Waals surface area contributed by atoms with E-state index in [9.17, 15) is 17.6 Å². The number of sulfonamides is 1. The fourth-order valence-corrected chi connectivity index (χ4v) is 4.09. The lowest BCUT2D eigenvalue weighted by molar-refractivity contribution is 0.102. The van der Waals surface area contributed by atoms with Gasteiger partial charge in [-0.15, -0.1) is 0 Å². The fraction of sp³-hybridized carbons (Fsp3) is 0.235. The summed E-state index contributed by atoms with van der Waals surface area (Å²) in [6.07, 6.45) is 0. The number of rotatable bonds is 6. The predicted molar refractivity (Wildman–Crippen MR) is 98.6 cm³/mol. The molecule has 0 aliphatic carbocycles. The summed E-state index contributed by atoms with van der Waals surface area (Å²) in [6.45, 7) is 3.77. The molecular formula is C17H18BrFN2O3S. The summed E-state index contributed by atoms with van der Waals surface area (Å²) >= 11 is 3.30. The summed E-state index contributed by atoms with van der Waals surface area (Å²) in [4.78, 5) is 11.8. The van der Waals surface area contributed by atoms with Crippen LogP contribution in [0.5, 0.6) is 0 Å². The minimum Gasteiger partial charge on any atom is -0.322 e. The van der Waals surface area contributed by atoms with Crippen LogP contribution in [-0.2, 0) is 10.0 Å². The summed E-state index contributed by atoms with van der Waals surface area (Å²) in [5.74, 6) is -1.40. The van der Waals surface area contributed by atoms with E-state index in [-0.39, 0.29) is 18.7 Å². The Bertz CT molecular complexity index is 866. The van der Waals surface area contributed by atoms with Gasteiger partial charge < -0.3 is 5.32 Å². The number of anilines is 1. The van der Waals surface area contributed by atoms with Crippen LogP contribution in [0.3, 0.4) is 0 Å². The molecule has 0 unspecified atom stereocenters. The molecule has 1 N–H and O–H groups in total. The average molecular weight is 429 g/mol. The lowest BCUT2D eigenvalue weighted by Gasteiger charge is -2.19. The van der Waals surface area contributed by atoms with Crippen molar-refractivity contribution in [1.82, 2.24) is 4.31 Å². The normalized spacial score (nSPS) is 11.6. The van der Waals surface area contributed by atoms with Gasteiger partial charge in [0.2, 0.25) is 10.0 Å². The number of carbonyl (C=O) groups excluding carboxylic acids is 1. The summed E-state index contributed by atoms with van der Waals surface area (Å²) in [5, 5.41) is 2.65. The number of amides is 1. The summed E-state index contributed by atoms with van der Waals surface area (Å²) in [6, 6.07) is 10.2. The number of halogens is 2. The van der Waals surface area contributed by atoms with Gasteiger partial charge in [0.05, 0.1) is 0 Å². The Morgan fingerprint density at radius 3 is 2.28 bits per heavy atom. The molecule has 0 spiro atoms. The number of nitrogens with one attached hydrogen (secondary N) is 1. The molecule has 0 bridgehead atoms. The SMILES string of the molecule is CCN(CC)S(=O)(=O)c1cc(C(=O)Nc2ccc(Br)cc2)ccc1F. The maximum absolute atomic E-state index is 14.1.